The molecule has 0 aromatic heterocycles. The zero-order valence-corrected chi connectivity index (χ0v) is 64.7. The van der Waals surface area contributed by atoms with Crippen molar-refractivity contribution in [3.63, 3.8) is 0 Å². The summed E-state index contributed by atoms with van der Waals surface area (Å²) < 4.78 is 177. The van der Waals surface area contributed by atoms with E-state index in [9.17, 15) is 28.8 Å². The van der Waals surface area contributed by atoms with E-state index in [4.69, 9.17) is 114 Å². The average Bonchev–Trinajstić information content (AvgIpc) is 1.29. The Bertz CT molecular complexity index is 4270. The minimum Gasteiger partial charge on any atom is -0.449 e. The summed E-state index contributed by atoms with van der Waals surface area (Å²) in [5.74, 6) is -32.2. The van der Waals surface area contributed by atoms with Crippen LogP contribution >= 0.6 is 0 Å². The van der Waals surface area contributed by atoms with E-state index in [0.717, 1.165) is 0 Å². The van der Waals surface area contributed by atoms with Crippen LogP contribution in [0.25, 0.3) is 0 Å². The molecule has 0 saturated carbocycles. The SMILES string of the molecule is CC1(C)Oc2c(C=O)c3c(c(C(c4c5c(c(C=O)c6c4OC(C)(C)O6)OC(C)(C)O5)(c4c5c(c(C=O)c6c4OC(C)(C)O6)OC(C)(C)O5)C(c4c5c(c(C=O)c6c4OC(C)(C)O6)OC(C)(C)O5)(c4c5c(c(C=O)c6c4OC(C)(C)O6)OC(C)(C)O5)c4c5c(c(C=O)c6c4OC(C)(C)O6)OC(C)(C)O5)c2O1)OC(C)(C)O3. The van der Waals surface area contributed by atoms with Crippen molar-refractivity contribution in [3.8, 4) is 138 Å². The second-order valence-electron chi connectivity index (χ2n) is 34.1. The average molecular weight is 1520 g/mol. The van der Waals surface area contributed by atoms with Crippen LogP contribution in [0.5, 0.6) is 138 Å². The van der Waals surface area contributed by atoms with E-state index in [0.29, 0.717) is 37.7 Å². The molecule has 0 spiro atoms. The first-order valence-corrected chi connectivity index (χ1v) is 35.7. The maximum absolute atomic E-state index is 14.9. The van der Waals surface area contributed by atoms with Crippen molar-refractivity contribution in [2.24, 2.45) is 0 Å². The van der Waals surface area contributed by atoms with E-state index in [1.165, 1.54) is 0 Å². The molecule has 12 heterocycles. The molecule has 0 N–H and O–H groups in total. The highest BCUT2D eigenvalue weighted by Gasteiger charge is 2.78. The van der Waals surface area contributed by atoms with Crippen LogP contribution in [-0.2, 0) is 10.8 Å². The number of rotatable bonds is 13. The summed E-state index contributed by atoms with van der Waals surface area (Å²) in [6.07, 6.45) is 2.93. The van der Waals surface area contributed by atoms with Crippen molar-refractivity contribution in [2.45, 2.75) is 246 Å². The van der Waals surface area contributed by atoms with Crippen LogP contribution in [0.3, 0.4) is 0 Å². The molecule has 30 nitrogen and oxygen atoms in total. The van der Waals surface area contributed by atoms with Gasteiger partial charge in [-0.2, -0.15) is 0 Å². The van der Waals surface area contributed by atoms with E-state index in [1.807, 2.05) is 0 Å². The molecule has 110 heavy (non-hydrogen) atoms. The molecule has 30 heteroatoms. The van der Waals surface area contributed by atoms with Gasteiger partial charge in [-0.1, -0.05) is 0 Å². The summed E-state index contributed by atoms with van der Waals surface area (Å²) in [4.78, 5) is 89.5. The molecule has 0 saturated heterocycles. The van der Waals surface area contributed by atoms with Gasteiger partial charge >= 0.3 is 0 Å². The highest BCUT2D eigenvalue weighted by molar-refractivity contribution is 6.03. The maximum atomic E-state index is 14.9. The van der Waals surface area contributed by atoms with Gasteiger partial charge in [0.2, 0.25) is 69.4 Å². The Balaban J connectivity index is 1.33. The highest BCUT2D eigenvalue weighted by Crippen LogP contribution is 2.84. The first kappa shape index (κ1) is 70.2. The zero-order valence-electron chi connectivity index (χ0n) is 64.7. The fourth-order valence-electron chi connectivity index (χ4n) is 17.2. The molecule has 578 valence electrons. The summed E-state index contributed by atoms with van der Waals surface area (Å²) in [6.45, 7) is 37.5. The standard InChI is InChI=1S/C80H78O30/c1-67(2)87-43-31(25-81)44-56(100-68(3,4)88-44)37(55(43)99-67)79(38-57-45(89-69(5,6)101-57)32(26-82)46-58(38)102-70(7,8)90-46,39-59-47(91-71(9,10)103-59)33(27-83)48-60(39)104-72(11,12)92-48)80(40-61-49(93-73(13,14)105-61)34(28-84)50-62(40)106-74(15,16)94-50,41-63-51(95-75(17,18)107-63)35(29-85)52-64(41)108-76(19,20)96-52)42-65-53(97-77(21,22)109-65)36(30-86)54-66(42)110-78(23,24)98-54/h25-30H,1-24H3. The van der Waals surface area contributed by atoms with Crippen LogP contribution in [0.4, 0.5) is 0 Å². The quantitative estimate of drug-likeness (QED) is 0.0766. The zero-order chi connectivity index (χ0) is 79.0. The van der Waals surface area contributed by atoms with E-state index < -0.39 is 183 Å². The van der Waals surface area contributed by atoms with Gasteiger partial charge in [0.15, 0.2) is 176 Å². The van der Waals surface area contributed by atoms with Crippen molar-refractivity contribution >= 4 is 37.7 Å². The Morgan fingerprint density at radius 1 is 0.145 bits per heavy atom. The molecule has 12 aliphatic heterocycles. The number of carbonyl (C=O) groups excluding carboxylic acids is 6. The van der Waals surface area contributed by atoms with Crippen molar-refractivity contribution in [1.82, 2.24) is 0 Å². The maximum Gasteiger partial charge on any atom is 0.246 e. The van der Waals surface area contributed by atoms with Crippen LogP contribution in [0.2, 0.25) is 0 Å². The minimum absolute atomic E-state index is 0.298. The molecule has 18 rings (SSSR count). The lowest BCUT2D eigenvalue weighted by molar-refractivity contribution is -0.0564. The normalized spacial score (nSPS) is 21.9. The monoisotopic (exact) mass is 1520 g/mol. The van der Waals surface area contributed by atoms with Crippen molar-refractivity contribution < 1.29 is 142 Å². The molecule has 0 atom stereocenters. The highest BCUT2D eigenvalue weighted by atomic mass is 16.8. The Morgan fingerprint density at radius 2 is 0.218 bits per heavy atom. The lowest BCUT2D eigenvalue weighted by Gasteiger charge is -2.54. The number of carbonyl (C=O) groups is 6. The predicted molar refractivity (Wildman–Crippen MR) is 375 cm³/mol. The van der Waals surface area contributed by atoms with E-state index in [1.54, 1.807) is 166 Å². The van der Waals surface area contributed by atoms with E-state index in [2.05, 4.69) is 0 Å². The van der Waals surface area contributed by atoms with Crippen LogP contribution in [0, 0.1) is 0 Å². The number of hydrogen-bond acceptors (Lipinski definition) is 30. The van der Waals surface area contributed by atoms with Crippen molar-refractivity contribution in [1.29, 1.82) is 0 Å². The first-order valence-electron chi connectivity index (χ1n) is 35.7. The number of aldehydes is 6. The first-order chi connectivity index (χ1) is 51.0. The molecule has 0 aliphatic carbocycles. The summed E-state index contributed by atoms with van der Waals surface area (Å²) in [6, 6.07) is 0. The molecule has 0 amide bonds. The summed E-state index contributed by atoms with van der Waals surface area (Å²) in [5.41, 5.74) is -11.2. The Labute approximate surface area is 628 Å². The molecule has 0 unspecified atom stereocenters. The molecule has 6 aromatic rings. The van der Waals surface area contributed by atoms with E-state index >= 15 is 0 Å². The molecule has 6 aromatic carbocycles. The largest absolute Gasteiger partial charge is 0.449 e. The van der Waals surface area contributed by atoms with E-state index in [-0.39, 0.29) is 102 Å². The number of hydrogen-bond donors (Lipinski definition) is 0. The Hall–Kier alpha value is -11.5. The van der Waals surface area contributed by atoms with Crippen LogP contribution in [0.15, 0.2) is 0 Å². The fraction of sp³-hybridized carbons (Fsp3) is 0.475. The minimum atomic E-state index is -3.44. The Morgan fingerprint density at radius 3 is 0.291 bits per heavy atom. The molecule has 0 bridgehead atoms. The summed E-state index contributed by atoms with van der Waals surface area (Å²) >= 11 is 0. The van der Waals surface area contributed by atoms with Crippen molar-refractivity contribution in [3.05, 3.63) is 66.8 Å². The lowest BCUT2D eigenvalue weighted by Crippen LogP contribution is -2.55. The molecular formula is C80H78O30. The van der Waals surface area contributed by atoms with Gasteiger partial charge in [0.1, 0.15) is 33.4 Å². The van der Waals surface area contributed by atoms with Crippen LogP contribution in [0.1, 0.15) is 262 Å². The third-order valence-corrected chi connectivity index (χ3v) is 20.0. The van der Waals surface area contributed by atoms with Gasteiger partial charge in [-0.25, -0.2) is 0 Å². The van der Waals surface area contributed by atoms with Crippen molar-refractivity contribution in [2.75, 3.05) is 0 Å². The number of ether oxygens (including phenoxy) is 24. The number of benzene rings is 6. The molecular weight excluding hydrogens is 1440 g/mol. The second kappa shape index (κ2) is 20.5. The summed E-state index contributed by atoms with van der Waals surface area (Å²) in [5, 5.41) is 0. The van der Waals surface area contributed by atoms with Gasteiger partial charge in [-0.3, -0.25) is 28.8 Å². The lowest BCUT2D eigenvalue weighted by atomic mass is 9.45. The Kier molecular flexibility index (Phi) is 13.1. The third kappa shape index (κ3) is 9.20. The van der Waals surface area contributed by atoms with Gasteiger partial charge in [-0.05, 0) is 0 Å². The topological polar surface area (TPSA) is 324 Å². The molecule has 0 fully saturated rings. The third-order valence-electron chi connectivity index (χ3n) is 20.0. The van der Waals surface area contributed by atoms with Gasteiger partial charge in [0.05, 0.1) is 44.2 Å². The van der Waals surface area contributed by atoms with Gasteiger partial charge in [0, 0.05) is 166 Å². The van der Waals surface area contributed by atoms with Gasteiger partial charge < -0.3 is 114 Å². The smallest absolute Gasteiger partial charge is 0.246 e. The fourth-order valence-corrected chi connectivity index (χ4v) is 17.2. The second-order valence-corrected chi connectivity index (χ2v) is 34.1. The molecule has 0 radical (unpaired) electrons. The van der Waals surface area contributed by atoms with Crippen LogP contribution in [-0.4, -0.2) is 107 Å². The predicted octanol–water partition coefficient (Wildman–Crippen LogP) is 14.0. The summed E-state index contributed by atoms with van der Waals surface area (Å²) in [7, 11) is 0. The number of fused-ring (bicyclic) bond motifs is 12. The van der Waals surface area contributed by atoms with Crippen LogP contribution < -0.4 is 114 Å². The van der Waals surface area contributed by atoms with Gasteiger partial charge in [-0.15, -0.1) is 0 Å². The van der Waals surface area contributed by atoms with Gasteiger partial charge in [0.25, 0.3) is 0 Å². The molecule has 12 aliphatic rings.